The van der Waals surface area contributed by atoms with E-state index in [9.17, 15) is 5.11 Å². The Kier molecular flexibility index (Phi) is 3.08. The van der Waals surface area contributed by atoms with Crippen LogP contribution in [0.1, 0.15) is 32.4 Å². The number of aromatic nitrogens is 1. The van der Waals surface area contributed by atoms with Crippen LogP contribution in [0.15, 0.2) is 12.1 Å². The first-order chi connectivity index (χ1) is 7.48. The molecule has 0 spiro atoms. The molecule has 0 aliphatic carbocycles. The molecule has 0 aromatic carbocycles. The Bertz CT molecular complexity index is 381. The van der Waals surface area contributed by atoms with Crippen molar-refractivity contribution in [3.8, 4) is 0 Å². The molecule has 0 radical (unpaired) electrons. The Hall–Kier alpha value is -0.800. The summed E-state index contributed by atoms with van der Waals surface area (Å²) >= 11 is 6.05. The maximum Gasteiger partial charge on any atom is 0.129 e. The van der Waals surface area contributed by atoms with Gasteiger partial charge in [-0.2, -0.15) is 0 Å². The summed E-state index contributed by atoms with van der Waals surface area (Å²) in [4.78, 5) is 6.70. The van der Waals surface area contributed by atoms with E-state index in [-0.39, 0.29) is 0 Å². The van der Waals surface area contributed by atoms with E-state index in [0.29, 0.717) is 10.7 Å². The molecule has 1 N–H and O–H groups in total. The highest BCUT2D eigenvalue weighted by Gasteiger charge is 2.23. The van der Waals surface area contributed by atoms with Gasteiger partial charge in [-0.05, 0) is 38.8 Å². The molecule has 88 valence electrons. The van der Waals surface area contributed by atoms with Gasteiger partial charge in [-0.1, -0.05) is 11.6 Å². The smallest absolute Gasteiger partial charge is 0.129 e. The Morgan fingerprint density at radius 3 is 2.50 bits per heavy atom. The van der Waals surface area contributed by atoms with E-state index in [4.69, 9.17) is 11.6 Å². The molecule has 16 heavy (non-hydrogen) atoms. The third-order valence-electron chi connectivity index (χ3n) is 2.84. The lowest BCUT2D eigenvalue weighted by atomic mass is 10.0. The van der Waals surface area contributed by atoms with Gasteiger partial charge in [0.1, 0.15) is 11.4 Å². The molecule has 4 heteroatoms. The zero-order valence-electron chi connectivity index (χ0n) is 9.70. The van der Waals surface area contributed by atoms with Crippen molar-refractivity contribution in [2.75, 3.05) is 18.0 Å². The lowest BCUT2D eigenvalue weighted by Gasteiger charge is -2.22. The van der Waals surface area contributed by atoms with Crippen LogP contribution in [0.4, 0.5) is 5.82 Å². The highest BCUT2D eigenvalue weighted by molar-refractivity contribution is 6.31. The quantitative estimate of drug-likeness (QED) is 0.863. The second-order valence-electron chi connectivity index (χ2n) is 4.75. The van der Waals surface area contributed by atoms with Gasteiger partial charge in [-0.3, -0.25) is 0 Å². The zero-order valence-corrected chi connectivity index (χ0v) is 10.5. The Morgan fingerprint density at radius 2 is 1.94 bits per heavy atom. The van der Waals surface area contributed by atoms with E-state index in [2.05, 4.69) is 9.88 Å². The average molecular weight is 241 g/mol. The van der Waals surface area contributed by atoms with Gasteiger partial charge < -0.3 is 10.0 Å². The van der Waals surface area contributed by atoms with Crippen LogP contribution in [-0.2, 0) is 5.60 Å². The molecule has 1 fully saturated rings. The van der Waals surface area contributed by atoms with Crippen molar-refractivity contribution >= 4 is 17.4 Å². The van der Waals surface area contributed by atoms with Gasteiger partial charge in [0.15, 0.2) is 0 Å². The fourth-order valence-corrected chi connectivity index (χ4v) is 2.32. The maximum atomic E-state index is 9.97. The summed E-state index contributed by atoms with van der Waals surface area (Å²) in [6, 6.07) is 3.73. The van der Waals surface area contributed by atoms with Crippen molar-refractivity contribution in [1.29, 1.82) is 0 Å². The largest absolute Gasteiger partial charge is 0.384 e. The number of hydrogen-bond acceptors (Lipinski definition) is 3. The lowest BCUT2D eigenvalue weighted by molar-refractivity contribution is 0.0741. The molecule has 2 heterocycles. The lowest BCUT2D eigenvalue weighted by Crippen LogP contribution is -2.23. The standard InChI is InChI=1S/C12H17ClN2O/c1-12(2,16)11-9(13)5-6-10(14-11)15-7-3-4-8-15/h5-6,16H,3-4,7-8H2,1-2H3. The van der Waals surface area contributed by atoms with Crippen LogP contribution in [0.25, 0.3) is 0 Å². The predicted molar refractivity (Wildman–Crippen MR) is 65.9 cm³/mol. The van der Waals surface area contributed by atoms with Crippen LogP contribution in [0.5, 0.6) is 0 Å². The van der Waals surface area contributed by atoms with Gasteiger partial charge in [0, 0.05) is 13.1 Å². The van der Waals surface area contributed by atoms with Crippen LogP contribution in [0.2, 0.25) is 5.02 Å². The summed E-state index contributed by atoms with van der Waals surface area (Å²) in [5, 5.41) is 10.5. The van der Waals surface area contributed by atoms with Crippen molar-refractivity contribution in [2.24, 2.45) is 0 Å². The first-order valence-corrected chi connectivity index (χ1v) is 6.00. The van der Waals surface area contributed by atoms with Gasteiger partial charge in [0.2, 0.25) is 0 Å². The van der Waals surface area contributed by atoms with E-state index in [1.807, 2.05) is 12.1 Å². The van der Waals surface area contributed by atoms with Crippen molar-refractivity contribution in [3.63, 3.8) is 0 Å². The molecule has 1 aliphatic rings. The number of rotatable bonds is 2. The van der Waals surface area contributed by atoms with Crippen molar-refractivity contribution in [3.05, 3.63) is 22.8 Å². The fourth-order valence-electron chi connectivity index (χ4n) is 1.98. The number of hydrogen-bond donors (Lipinski definition) is 1. The second kappa shape index (κ2) is 4.22. The summed E-state index contributed by atoms with van der Waals surface area (Å²) in [5.41, 5.74) is -0.439. The molecule has 1 aliphatic heterocycles. The number of halogens is 1. The zero-order chi connectivity index (χ0) is 11.8. The summed E-state index contributed by atoms with van der Waals surface area (Å²) in [7, 11) is 0. The van der Waals surface area contributed by atoms with Crippen molar-refractivity contribution < 1.29 is 5.11 Å². The van der Waals surface area contributed by atoms with Gasteiger partial charge in [-0.25, -0.2) is 4.98 Å². The van der Waals surface area contributed by atoms with Gasteiger partial charge in [-0.15, -0.1) is 0 Å². The van der Waals surface area contributed by atoms with Crippen LogP contribution >= 0.6 is 11.6 Å². The van der Waals surface area contributed by atoms with Crippen LogP contribution in [-0.4, -0.2) is 23.2 Å². The molecular weight excluding hydrogens is 224 g/mol. The molecule has 0 amide bonds. The minimum atomic E-state index is -0.993. The Labute approximate surface area is 101 Å². The molecule has 0 unspecified atom stereocenters. The van der Waals surface area contributed by atoms with Gasteiger partial charge in [0.05, 0.1) is 10.7 Å². The predicted octanol–water partition coefficient (Wildman–Crippen LogP) is 2.56. The Balaban J connectivity index is 2.35. The van der Waals surface area contributed by atoms with Crippen LogP contribution < -0.4 is 4.90 Å². The Morgan fingerprint density at radius 1 is 1.31 bits per heavy atom. The fraction of sp³-hybridized carbons (Fsp3) is 0.583. The third kappa shape index (κ3) is 2.30. The summed E-state index contributed by atoms with van der Waals surface area (Å²) < 4.78 is 0. The van der Waals surface area contributed by atoms with Crippen molar-refractivity contribution in [1.82, 2.24) is 4.98 Å². The first-order valence-electron chi connectivity index (χ1n) is 5.63. The summed E-state index contributed by atoms with van der Waals surface area (Å²) in [5.74, 6) is 0.916. The highest BCUT2D eigenvalue weighted by Crippen LogP contribution is 2.29. The van der Waals surface area contributed by atoms with E-state index in [1.165, 1.54) is 12.8 Å². The van der Waals surface area contributed by atoms with E-state index < -0.39 is 5.60 Å². The summed E-state index contributed by atoms with van der Waals surface area (Å²) in [6.07, 6.45) is 2.42. The molecule has 1 aromatic rings. The minimum absolute atomic E-state index is 0.524. The number of anilines is 1. The maximum absolute atomic E-state index is 9.97. The SMILES string of the molecule is CC(C)(O)c1nc(N2CCCC2)ccc1Cl. The van der Waals surface area contributed by atoms with Crippen molar-refractivity contribution in [2.45, 2.75) is 32.3 Å². The average Bonchev–Trinajstić information content (AvgIpc) is 2.69. The molecule has 0 saturated carbocycles. The van der Waals surface area contributed by atoms with Crippen LogP contribution in [0.3, 0.4) is 0 Å². The third-order valence-corrected chi connectivity index (χ3v) is 3.15. The van der Waals surface area contributed by atoms with E-state index in [0.717, 1.165) is 18.9 Å². The highest BCUT2D eigenvalue weighted by atomic mass is 35.5. The molecule has 1 aromatic heterocycles. The van der Waals surface area contributed by atoms with E-state index in [1.54, 1.807) is 13.8 Å². The second-order valence-corrected chi connectivity index (χ2v) is 5.16. The molecule has 0 bridgehead atoms. The number of pyridine rings is 1. The summed E-state index contributed by atoms with van der Waals surface area (Å²) in [6.45, 7) is 5.49. The number of aliphatic hydroxyl groups is 1. The number of nitrogens with zero attached hydrogens (tertiary/aromatic N) is 2. The molecular formula is C12H17ClN2O. The first kappa shape index (κ1) is 11.7. The van der Waals surface area contributed by atoms with Gasteiger partial charge >= 0.3 is 0 Å². The van der Waals surface area contributed by atoms with E-state index >= 15 is 0 Å². The van der Waals surface area contributed by atoms with Crippen LogP contribution in [0, 0.1) is 0 Å². The van der Waals surface area contributed by atoms with Gasteiger partial charge in [0.25, 0.3) is 0 Å². The topological polar surface area (TPSA) is 36.4 Å². The minimum Gasteiger partial charge on any atom is -0.384 e. The molecule has 2 rings (SSSR count). The molecule has 0 atom stereocenters. The molecule has 1 saturated heterocycles. The monoisotopic (exact) mass is 240 g/mol. The normalized spacial score (nSPS) is 16.9. The molecule has 3 nitrogen and oxygen atoms in total.